The van der Waals surface area contributed by atoms with Crippen molar-refractivity contribution < 1.29 is 14.6 Å². The Labute approximate surface area is 94.4 Å². The van der Waals surface area contributed by atoms with Crippen molar-refractivity contribution in [3.8, 4) is 0 Å². The first-order valence-corrected chi connectivity index (χ1v) is 5.33. The maximum Gasteiger partial charge on any atom is 0.331 e. The van der Waals surface area contributed by atoms with Gasteiger partial charge in [0, 0.05) is 6.08 Å². The van der Waals surface area contributed by atoms with Crippen LogP contribution in [-0.4, -0.2) is 16.7 Å². The minimum absolute atomic E-state index is 0.392. The van der Waals surface area contributed by atoms with Crippen LogP contribution in [0.5, 0.6) is 0 Å². The molecule has 0 fully saturated rings. The van der Waals surface area contributed by atoms with Crippen LogP contribution < -0.4 is 0 Å². The van der Waals surface area contributed by atoms with Gasteiger partial charge in [-0.2, -0.15) is 0 Å². The molecule has 1 aliphatic rings. The van der Waals surface area contributed by atoms with E-state index in [1.807, 2.05) is 37.3 Å². The minimum atomic E-state index is -0.904. The van der Waals surface area contributed by atoms with Gasteiger partial charge in [0.05, 0.1) is 0 Å². The lowest BCUT2D eigenvalue weighted by molar-refractivity contribution is -0.155. The van der Waals surface area contributed by atoms with E-state index in [0.717, 1.165) is 5.56 Å². The lowest BCUT2D eigenvalue weighted by Gasteiger charge is -2.30. The van der Waals surface area contributed by atoms with Gasteiger partial charge in [0.15, 0.2) is 5.60 Å². The van der Waals surface area contributed by atoms with Crippen LogP contribution in [-0.2, 0) is 9.53 Å². The molecule has 0 saturated heterocycles. The van der Waals surface area contributed by atoms with Gasteiger partial charge in [0.1, 0.15) is 6.10 Å². The third-order valence-electron chi connectivity index (χ3n) is 2.92. The Morgan fingerprint density at radius 1 is 1.38 bits per heavy atom. The first kappa shape index (κ1) is 10.9. The number of hydrogen-bond acceptors (Lipinski definition) is 3. The van der Waals surface area contributed by atoms with Crippen molar-refractivity contribution in [2.45, 2.75) is 25.0 Å². The molecule has 1 aromatic carbocycles. The summed E-state index contributed by atoms with van der Waals surface area (Å²) in [6.07, 6.45) is 2.75. The van der Waals surface area contributed by atoms with Gasteiger partial charge in [0.2, 0.25) is 0 Å². The summed E-state index contributed by atoms with van der Waals surface area (Å²) in [5.74, 6) is -0.392. The summed E-state index contributed by atoms with van der Waals surface area (Å²) < 4.78 is 5.21. The summed E-state index contributed by atoms with van der Waals surface area (Å²) in [6, 6.07) is 9.22. The summed E-state index contributed by atoms with van der Waals surface area (Å²) in [7, 11) is 0. The van der Waals surface area contributed by atoms with Gasteiger partial charge in [-0.05, 0) is 18.1 Å². The van der Waals surface area contributed by atoms with Crippen molar-refractivity contribution in [1.82, 2.24) is 0 Å². The summed E-state index contributed by atoms with van der Waals surface area (Å²) >= 11 is 0. The lowest BCUT2D eigenvalue weighted by atomic mass is 9.89. The number of aliphatic hydroxyl groups is 1. The molecule has 0 radical (unpaired) electrons. The average Bonchev–Trinajstić information content (AvgIpc) is 2.72. The van der Waals surface area contributed by atoms with E-state index in [-0.39, 0.29) is 0 Å². The molecule has 0 bridgehead atoms. The summed E-state index contributed by atoms with van der Waals surface area (Å²) in [5, 5.41) is 10.3. The maximum atomic E-state index is 11.1. The lowest BCUT2D eigenvalue weighted by Crippen LogP contribution is -2.35. The molecule has 3 nitrogen and oxygen atoms in total. The van der Waals surface area contributed by atoms with Crippen LogP contribution in [0.15, 0.2) is 42.5 Å². The number of esters is 1. The van der Waals surface area contributed by atoms with Crippen molar-refractivity contribution >= 4 is 5.97 Å². The van der Waals surface area contributed by atoms with E-state index in [9.17, 15) is 9.90 Å². The molecule has 1 heterocycles. The van der Waals surface area contributed by atoms with Crippen LogP contribution in [0.1, 0.15) is 25.0 Å². The van der Waals surface area contributed by atoms with Gasteiger partial charge < -0.3 is 9.84 Å². The number of aliphatic hydroxyl groups excluding tert-OH is 1. The highest BCUT2D eigenvalue weighted by Gasteiger charge is 2.41. The standard InChI is InChI=1S/C13H14O3/c1-2-13(9-8-11(14)16-13)12(15)10-6-4-3-5-7-10/h3-9,12,15H,2H2,1H3/t12-,13-/m0/s1. The second-order valence-electron chi connectivity index (χ2n) is 3.88. The number of carbonyl (C=O) groups excluding carboxylic acids is 1. The summed E-state index contributed by atoms with van der Waals surface area (Å²) in [6.45, 7) is 1.88. The summed E-state index contributed by atoms with van der Waals surface area (Å²) in [4.78, 5) is 11.1. The van der Waals surface area contributed by atoms with Crippen molar-refractivity contribution in [3.63, 3.8) is 0 Å². The Morgan fingerprint density at radius 2 is 2.06 bits per heavy atom. The second kappa shape index (κ2) is 4.10. The zero-order valence-corrected chi connectivity index (χ0v) is 9.09. The van der Waals surface area contributed by atoms with Crippen molar-refractivity contribution in [3.05, 3.63) is 48.0 Å². The zero-order chi connectivity index (χ0) is 11.6. The molecular weight excluding hydrogens is 204 g/mol. The number of rotatable bonds is 3. The fraction of sp³-hybridized carbons (Fsp3) is 0.308. The topological polar surface area (TPSA) is 46.5 Å². The van der Waals surface area contributed by atoms with Crippen LogP contribution in [0.25, 0.3) is 0 Å². The average molecular weight is 218 g/mol. The largest absolute Gasteiger partial charge is 0.448 e. The molecule has 1 aromatic rings. The predicted molar refractivity (Wildman–Crippen MR) is 59.7 cm³/mol. The van der Waals surface area contributed by atoms with Crippen LogP contribution in [0.2, 0.25) is 0 Å². The molecular formula is C13H14O3. The third kappa shape index (κ3) is 1.74. The fourth-order valence-electron chi connectivity index (χ4n) is 1.91. The molecule has 16 heavy (non-hydrogen) atoms. The first-order chi connectivity index (χ1) is 7.68. The zero-order valence-electron chi connectivity index (χ0n) is 9.09. The van der Waals surface area contributed by atoms with E-state index >= 15 is 0 Å². The number of cyclic esters (lactones) is 1. The van der Waals surface area contributed by atoms with Gasteiger partial charge in [-0.1, -0.05) is 37.3 Å². The van der Waals surface area contributed by atoms with Crippen molar-refractivity contribution in [2.24, 2.45) is 0 Å². The normalized spacial score (nSPS) is 25.5. The summed E-state index contributed by atoms with van der Waals surface area (Å²) in [5.41, 5.74) is -0.151. The molecule has 1 N–H and O–H groups in total. The number of hydrogen-bond donors (Lipinski definition) is 1. The van der Waals surface area contributed by atoms with E-state index in [1.165, 1.54) is 6.08 Å². The maximum absolute atomic E-state index is 11.1. The van der Waals surface area contributed by atoms with Crippen LogP contribution in [0.4, 0.5) is 0 Å². The monoisotopic (exact) mass is 218 g/mol. The van der Waals surface area contributed by atoms with Gasteiger partial charge in [0.25, 0.3) is 0 Å². The van der Waals surface area contributed by atoms with E-state index in [0.29, 0.717) is 6.42 Å². The van der Waals surface area contributed by atoms with Gasteiger partial charge in [-0.3, -0.25) is 0 Å². The SMILES string of the molecule is CC[C@@]1([C@@H](O)c2ccccc2)C=CC(=O)O1. The van der Waals surface area contributed by atoms with Gasteiger partial charge in [-0.25, -0.2) is 4.79 Å². The Bertz CT molecular complexity index is 410. The Balaban J connectivity index is 2.30. The van der Waals surface area contributed by atoms with E-state index in [4.69, 9.17) is 4.74 Å². The van der Waals surface area contributed by atoms with E-state index in [1.54, 1.807) is 6.08 Å². The first-order valence-electron chi connectivity index (χ1n) is 5.33. The van der Waals surface area contributed by atoms with E-state index in [2.05, 4.69) is 0 Å². The molecule has 1 aliphatic heterocycles. The quantitative estimate of drug-likeness (QED) is 0.789. The number of carbonyl (C=O) groups is 1. The molecule has 0 aromatic heterocycles. The highest BCUT2D eigenvalue weighted by atomic mass is 16.6. The molecule has 0 aliphatic carbocycles. The molecule has 2 atom stereocenters. The molecule has 0 spiro atoms. The number of ether oxygens (including phenoxy) is 1. The van der Waals surface area contributed by atoms with Crippen molar-refractivity contribution in [2.75, 3.05) is 0 Å². The smallest absolute Gasteiger partial charge is 0.331 e. The molecule has 3 heteroatoms. The third-order valence-corrected chi connectivity index (χ3v) is 2.92. The van der Waals surface area contributed by atoms with E-state index < -0.39 is 17.7 Å². The molecule has 84 valence electrons. The van der Waals surface area contributed by atoms with Crippen LogP contribution in [0, 0.1) is 0 Å². The van der Waals surface area contributed by atoms with Crippen molar-refractivity contribution in [1.29, 1.82) is 0 Å². The molecule has 0 unspecified atom stereocenters. The highest BCUT2D eigenvalue weighted by molar-refractivity contribution is 5.85. The Kier molecular flexibility index (Phi) is 2.79. The molecule has 0 saturated carbocycles. The Hall–Kier alpha value is -1.61. The number of benzene rings is 1. The van der Waals surface area contributed by atoms with Crippen LogP contribution in [0.3, 0.4) is 0 Å². The second-order valence-corrected chi connectivity index (χ2v) is 3.88. The predicted octanol–water partition coefficient (Wildman–Crippen LogP) is 1.98. The fourth-order valence-corrected chi connectivity index (χ4v) is 1.91. The van der Waals surface area contributed by atoms with Gasteiger partial charge >= 0.3 is 5.97 Å². The molecule has 2 rings (SSSR count). The van der Waals surface area contributed by atoms with Crippen LogP contribution >= 0.6 is 0 Å². The highest BCUT2D eigenvalue weighted by Crippen LogP contribution is 2.36. The van der Waals surface area contributed by atoms with Gasteiger partial charge in [-0.15, -0.1) is 0 Å². The molecule has 0 amide bonds. The Morgan fingerprint density at radius 3 is 2.56 bits per heavy atom. The minimum Gasteiger partial charge on any atom is -0.448 e.